The highest BCUT2D eigenvalue weighted by molar-refractivity contribution is 7.89. The fourth-order valence-electron chi connectivity index (χ4n) is 3.57. The average molecular weight is 416 g/mol. The van der Waals surface area contributed by atoms with E-state index in [0.717, 1.165) is 37.2 Å². The van der Waals surface area contributed by atoms with Crippen LogP contribution in [0.25, 0.3) is 0 Å². The molecule has 0 bridgehead atoms. The fraction of sp³-hybridized carbons (Fsp3) is 0.409. The maximum absolute atomic E-state index is 12.7. The summed E-state index contributed by atoms with van der Waals surface area (Å²) in [5.74, 6) is -0.281. The summed E-state index contributed by atoms with van der Waals surface area (Å²) in [5.41, 5.74) is 2.50. The smallest absolute Gasteiger partial charge is 0.251 e. The zero-order valence-corrected chi connectivity index (χ0v) is 17.9. The van der Waals surface area contributed by atoms with Gasteiger partial charge in [-0.05, 0) is 62.6 Å². The number of amides is 1. The van der Waals surface area contributed by atoms with Gasteiger partial charge in [-0.15, -0.1) is 0 Å². The Hall–Kier alpha value is -2.38. The molecule has 1 heterocycles. The molecule has 1 N–H and O–H groups in total. The lowest BCUT2D eigenvalue weighted by molar-refractivity contribution is 0.0950. The van der Waals surface area contributed by atoms with Crippen LogP contribution >= 0.6 is 0 Å². The highest BCUT2D eigenvalue weighted by atomic mass is 32.2. The van der Waals surface area contributed by atoms with Gasteiger partial charge in [-0.1, -0.05) is 18.2 Å². The summed E-state index contributed by atoms with van der Waals surface area (Å²) in [6.45, 7) is 7.61. The summed E-state index contributed by atoms with van der Waals surface area (Å²) < 4.78 is 26.9. The number of anilines is 1. The number of hydrogen-bond acceptors (Lipinski definition) is 4. The summed E-state index contributed by atoms with van der Waals surface area (Å²) in [7, 11) is -3.53. The van der Waals surface area contributed by atoms with Crippen molar-refractivity contribution < 1.29 is 13.2 Å². The molecule has 0 radical (unpaired) electrons. The quantitative estimate of drug-likeness (QED) is 0.719. The van der Waals surface area contributed by atoms with E-state index in [1.807, 2.05) is 12.1 Å². The standard InChI is InChI=1S/C22H29N3O3S/c1-3-24(4-2)20-12-10-18(11-13-20)17-23-22(26)19-8-7-9-21(16-19)29(27,28)25-14-5-6-15-25/h7-13,16H,3-6,14-15,17H2,1-2H3,(H,23,26). The molecule has 1 aliphatic rings. The number of nitrogens with one attached hydrogen (secondary N) is 1. The zero-order chi connectivity index (χ0) is 20.9. The van der Waals surface area contributed by atoms with Crippen LogP contribution in [0.4, 0.5) is 5.69 Å². The highest BCUT2D eigenvalue weighted by Gasteiger charge is 2.27. The molecule has 3 rings (SSSR count). The Morgan fingerprint density at radius 2 is 1.69 bits per heavy atom. The Kier molecular flexibility index (Phi) is 6.92. The van der Waals surface area contributed by atoms with Crippen molar-refractivity contribution in [1.29, 1.82) is 0 Å². The first-order valence-corrected chi connectivity index (χ1v) is 11.6. The van der Waals surface area contributed by atoms with Crippen LogP contribution in [0.2, 0.25) is 0 Å². The maximum Gasteiger partial charge on any atom is 0.251 e. The third-order valence-corrected chi connectivity index (χ3v) is 7.21. The van der Waals surface area contributed by atoms with E-state index >= 15 is 0 Å². The van der Waals surface area contributed by atoms with Gasteiger partial charge in [0.25, 0.3) is 5.91 Å². The predicted octanol–water partition coefficient (Wildman–Crippen LogP) is 3.25. The van der Waals surface area contributed by atoms with Gasteiger partial charge in [0.1, 0.15) is 0 Å². The second-order valence-electron chi connectivity index (χ2n) is 7.16. The van der Waals surface area contributed by atoms with Crippen LogP contribution in [-0.4, -0.2) is 44.8 Å². The van der Waals surface area contributed by atoms with E-state index in [2.05, 4.69) is 36.2 Å². The van der Waals surface area contributed by atoms with Gasteiger partial charge in [-0.25, -0.2) is 8.42 Å². The van der Waals surface area contributed by atoms with E-state index in [4.69, 9.17) is 0 Å². The van der Waals surface area contributed by atoms with Crippen LogP contribution < -0.4 is 10.2 Å². The number of hydrogen-bond donors (Lipinski definition) is 1. The molecule has 1 saturated heterocycles. The van der Waals surface area contributed by atoms with E-state index in [-0.39, 0.29) is 10.8 Å². The molecule has 2 aromatic carbocycles. The van der Waals surface area contributed by atoms with E-state index in [1.54, 1.807) is 18.2 Å². The first kappa shape index (κ1) is 21.3. The molecule has 29 heavy (non-hydrogen) atoms. The first-order chi connectivity index (χ1) is 14.0. The van der Waals surface area contributed by atoms with E-state index < -0.39 is 10.0 Å². The van der Waals surface area contributed by atoms with Crippen molar-refractivity contribution in [3.05, 3.63) is 59.7 Å². The van der Waals surface area contributed by atoms with Crippen molar-refractivity contribution in [3.63, 3.8) is 0 Å². The molecule has 0 spiro atoms. The summed E-state index contributed by atoms with van der Waals surface area (Å²) in [6.07, 6.45) is 1.76. The fourth-order valence-corrected chi connectivity index (χ4v) is 5.14. The predicted molar refractivity (Wildman–Crippen MR) is 116 cm³/mol. The van der Waals surface area contributed by atoms with Crippen LogP contribution in [0.1, 0.15) is 42.6 Å². The number of nitrogens with zero attached hydrogens (tertiary/aromatic N) is 2. The number of sulfonamides is 1. The third-order valence-electron chi connectivity index (χ3n) is 5.32. The van der Waals surface area contributed by atoms with Gasteiger partial charge in [0, 0.05) is 44.0 Å². The SMILES string of the molecule is CCN(CC)c1ccc(CNC(=O)c2cccc(S(=O)(=O)N3CCCC3)c2)cc1. The van der Waals surface area contributed by atoms with Gasteiger partial charge < -0.3 is 10.2 Å². The first-order valence-electron chi connectivity index (χ1n) is 10.2. The van der Waals surface area contributed by atoms with Gasteiger partial charge in [-0.2, -0.15) is 4.31 Å². The molecule has 0 atom stereocenters. The Bertz CT molecular complexity index is 932. The van der Waals surface area contributed by atoms with Crippen LogP contribution in [-0.2, 0) is 16.6 Å². The molecule has 156 valence electrons. The molecular weight excluding hydrogens is 386 g/mol. The van der Waals surface area contributed by atoms with Gasteiger partial charge in [-0.3, -0.25) is 4.79 Å². The number of carbonyl (C=O) groups excluding carboxylic acids is 1. The number of benzene rings is 2. The van der Waals surface area contributed by atoms with E-state index in [9.17, 15) is 13.2 Å². The second kappa shape index (κ2) is 9.41. The highest BCUT2D eigenvalue weighted by Crippen LogP contribution is 2.21. The normalized spacial score (nSPS) is 14.7. The van der Waals surface area contributed by atoms with Crippen molar-refractivity contribution in [2.24, 2.45) is 0 Å². The van der Waals surface area contributed by atoms with Crippen molar-refractivity contribution in [2.45, 2.75) is 38.1 Å². The van der Waals surface area contributed by atoms with Gasteiger partial charge >= 0.3 is 0 Å². The average Bonchev–Trinajstić information content (AvgIpc) is 3.30. The molecule has 6 nitrogen and oxygen atoms in total. The monoisotopic (exact) mass is 415 g/mol. The van der Waals surface area contributed by atoms with Crippen LogP contribution in [0, 0.1) is 0 Å². The van der Waals surface area contributed by atoms with Gasteiger partial charge in [0.15, 0.2) is 0 Å². The molecule has 1 amide bonds. The lowest BCUT2D eigenvalue weighted by Crippen LogP contribution is -2.28. The third kappa shape index (κ3) is 4.97. The van der Waals surface area contributed by atoms with E-state index in [0.29, 0.717) is 25.2 Å². The van der Waals surface area contributed by atoms with Gasteiger partial charge in [0.2, 0.25) is 10.0 Å². The molecule has 0 aromatic heterocycles. The lowest BCUT2D eigenvalue weighted by Gasteiger charge is -2.21. The molecule has 0 aliphatic carbocycles. The molecule has 1 aliphatic heterocycles. The van der Waals surface area contributed by atoms with E-state index in [1.165, 1.54) is 10.4 Å². The second-order valence-corrected chi connectivity index (χ2v) is 9.10. The molecule has 0 unspecified atom stereocenters. The minimum atomic E-state index is -3.53. The molecule has 0 saturated carbocycles. The maximum atomic E-state index is 12.7. The van der Waals surface area contributed by atoms with Gasteiger partial charge in [0.05, 0.1) is 4.90 Å². The summed E-state index contributed by atoms with van der Waals surface area (Å²) in [6, 6.07) is 14.4. The van der Waals surface area contributed by atoms with Crippen LogP contribution in [0.3, 0.4) is 0 Å². The van der Waals surface area contributed by atoms with Crippen LogP contribution in [0.5, 0.6) is 0 Å². The number of rotatable bonds is 8. The minimum Gasteiger partial charge on any atom is -0.372 e. The largest absolute Gasteiger partial charge is 0.372 e. The van der Waals surface area contributed by atoms with Crippen molar-refractivity contribution in [1.82, 2.24) is 9.62 Å². The van der Waals surface area contributed by atoms with Crippen LogP contribution in [0.15, 0.2) is 53.4 Å². The summed E-state index contributed by atoms with van der Waals surface area (Å²) in [5, 5.41) is 2.88. The Morgan fingerprint density at radius 1 is 1.03 bits per heavy atom. The Balaban J connectivity index is 1.65. The van der Waals surface area contributed by atoms with Crippen molar-refractivity contribution >= 4 is 21.6 Å². The zero-order valence-electron chi connectivity index (χ0n) is 17.1. The minimum absolute atomic E-state index is 0.177. The molecule has 7 heteroatoms. The van der Waals surface area contributed by atoms with Crippen molar-refractivity contribution in [3.8, 4) is 0 Å². The lowest BCUT2D eigenvalue weighted by atomic mass is 10.1. The summed E-state index contributed by atoms with van der Waals surface area (Å²) >= 11 is 0. The molecule has 1 fully saturated rings. The Morgan fingerprint density at radius 3 is 2.31 bits per heavy atom. The molecule has 2 aromatic rings. The number of carbonyl (C=O) groups is 1. The topological polar surface area (TPSA) is 69.7 Å². The molecular formula is C22H29N3O3S. The summed E-state index contributed by atoms with van der Waals surface area (Å²) in [4.78, 5) is 15.0. The Labute approximate surface area is 173 Å². The van der Waals surface area contributed by atoms with Crippen molar-refractivity contribution in [2.75, 3.05) is 31.1 Å².